The van der Waals surface area contributed by atoms with Gasteiger partial charge < -0.3 is 1.43 Å². The molecule has 2 aromatic rings. The summed E-state index contributed by atoms with van der Waals surface area (Å²) >= 11 is 4.26. The van der Waals surface area contributed by atoms with Crippen LogP contribution < -0.4 is 51.4 Å². The van der Waals surface area contributed by atoms with E-state index in [0.717, 1.165) is 4.90 Å². The van der Waals surface area contributed by atoms with Crippen LogP contribution in [0.4, 0.5) is 0 Å². The molecule has 56 valence electrons. The molecule has 0 aliphatic rings. The summed E-state index contributed by atoms with van der Waals surface area (Å²) in [6.07, 6.45) is 0. The van der Waals surface area contributed by atoms with Crippen molar-refractivity contribution in [3.05, 3.63) is 42.5 Å². The minimum atomic E-state index is 0. The van der Waals surface area contributed by atoms with Crippen molar-refractivity contribution in [2.24, 2.45) is 0 Å². The largest absolute Gasteiger partial charge is 1.00 e. The Bertz CT molecular complexity index is 389. The molecule has 0 aliphatic heterocycles. The van der Waals surface area contributed by atoms with E-state index >= 15 is 0 Å². The fourth-order valence-corrected chi connectivity index (χ4v) is 1.39. The van der Waals surface area contributed by atoms with Crippen molar-refractivity contribution in [1.29, 1.82) is 0 Å². The van der Waals surface area contributed by atoms with Crippen molar-refractivity contribution in [3.8, 4) is 0 Å². The van der Waals surface area contributed by atoms with Gasteiger partial charge in [-0.25, -0.2) is 0 Å². The molecule has 0 unspecified atom stereocenters. The van der Waals surface area contributed by atoms with Gasteiger partial charge in [-0.05, 0) is 22.9 Å². The molecular weight excluding hydrogens is 191 g/mol. The Morgan fingerprint density at radius 2 is 1.58 bits per heavy atom. The molecule has 2 aromatic carbocycles. The molecule has 0 fully saturated rings. The zero-order valence-corrected chi connectivity index (χ0v) is 11.0. The standard InChI is InChI=1S/C10H8S.K.H/c11-10-6-5-8-3-1-2-4-9(8)7-10;;/h1-7,11H;;/q;+1;-1. The molecule has 12 heavy (non-hydrogen) atoms. The first-order valence-corrected chi connectivity index (χ1v) is 3.99. The molecule has 0 aromatic heterocycles. The van der Waals surface area contributed by atoms with E-state index in [9.17, 15) is 0 Å². The topological polar surface area (TPSA) is 0 Å². The van der Waals surface area contributed by atoms with Crippen LogP contribution in [-0.2, 0) is 0 Å². The third-order valence-corrected chi connectivity index (χ3v) is 2.01. The van der Waals surface area contributed by atoms with E-state index in [1.54, 1.807) is 0 Å². The van der Waals surface area contributed by atoms with E-state index in [1.165, 1.54) is 10.8 Å². The monoisotopic (exact) mass is 200 g/mol. The summed E-state index contributed by atoms with van der Waals surface area (Å²) in [7, 11) is 0. The van der Waals surface area contributed by atoms with E-state index < -0.39 is 0 Å². The summed E-state index contributed by atoms with van der Waals surface area (Å²) in [6.45, 7) is 0. The first-order chi connectivity index (χ1) is 5.36. The molecule has 0 aliphatic carbocycles. The molecule has 2 rings (SSSR count). The average molecular weight is 200 g/mol. The molecule has 0 N–H and O–H groups in total. The summed E-state index contributed by atoms with van der Waals surface area (Å²) in [5, 5.41) is 2.52. The van der Waals surface area contributed by atoms with E-state index in [1.807, 2.05) is 18.2 Å². The van der Waals surface area contributed by atoms with Gasteiger partial charge in [0.05, 0.1) is 0 Å². The van der Waals surface area contributed by atoms with Crippen LogP contribution >= 0.6 is 12.6 Å². The fraction of sp³-hybridized carbons (Fsp3) is 0. The average Bonchev–Trinajstić information content (AvgIpc) is 2.04. The van der Waals surface area contributed by atoms with Crippen LogP contribution in [-0.4, -0.2) is 0 Å². The van der Waals surface area contributed by atoms with Gasteiger partial charge in [0.2, 0.25) is 0 Å². The van der Waals surface area contributed by atoms with Gasteiger partial charge in [-0.2, -0.15) is 0 Å². The minimum Gasteiger partial charge on any atom is -1.00 e. The van der Waals surface area contributed by atoms with Crippen LogP contribution in [0.2, 0.25) is 0 Å². The Balaban J connectivity index is 0.000000720. The van der Waals surface area contributed by atoms with Gasteiger partial charge in [-0.3, -0.25) is 0 Å². The summed E-state index contributed by atoms with van der Waals surface area (Å²) in [6, 6.07) is 14.4. The second-order valence-electron chi connectivity index (χ2n) is 2.53. The minimum absolute atomic E-state index is 0. The Labute approximate surface area is 122 Å². The van der Waals surface area contributed by atoms with Gasteiger partial charge in [0, 0.05) is 4.90 Å². The third kappa shape index (κ3) is 2.34. The van der Waals surface area contributed by atoms with E-state index in [0.29, 0.717) is 0 Å². The first-order valence-electron chi connectivity index (χ1n) is 3.54. The maximum atomic E-state index is 4.26. The number of benzene rings is 2. The van der Waals surface area contributed by atoms with Crippen molar-refractivity contribution < 1.29 is 52.8 Å². The predicted octanol–water partition coefficient (Wildman–Crippen LogP) is 0.245. The zero-order valence-electron chi connectivity index (χ0n) is 7.99. The quantitative estimate of drug-likeness (QED) is 0.457. The number of fused-ring (bicyclic) bond motifs is 1. The fourth-order valence-electron chi connectivity index (χ4n) is 1.18. The molecule has 0 heterocycles. The second-order valence-corrected chi connectivity index (χ2v) is 3.05. The van der Waals surface area contributed by atoms with Crippen molar-refractivity contribution in [2.75, 3.05) is 0 Å². The van der Waals surface area contributed by atoms with Gasteiger partial charge in [0.15, 0.2) is 0 Å². The molecule has 0 nitrogen and oxygen atoms in total. The smallest absolute Gasteiger partial charge is 1.00 e. The number of hydrogen-bond donors (Lipinski definition) is 1. The van der Waals surface area contributed by atoms with Gasteiger partial charge in [0.1, 0.15) is 0 Å². The van der Waals surface area contributed by atoms with Crippen LogP contribution in [0, 0.1) is 0 Å². The summed E-state index contributed by atoms with van der Waals surface area (Å²) in [4.78, 5) is 1.02. The van der Waals surface area contributed by atoms with Crippen molar-refractivity contribution in [3.63, 3.8) is 0 Å². The Morgan fingerprint density at radius 3 is 2.33 bits per heavy atom. The molecular formula is C10H9KS. The maximum Gasteiger partial charge on any atom is 1.00 e. The second kappa shape index (κ2) is 4.79. The Kier molecular flexibility index (Phi) is 4.30. The van der Waals surface area contributed by atoms with E-state index in [-0.39, 0.29) is 52.8 Å². The van der Waals surface area contributed by atoms with Crippen LogP contribution in [0.3, 0.4) is 0 Å². The Hall–Kier alpha value is 0.686. The first kappa shape index (κ1) is 10.8. The molecule has 0 saturated carbocycles. The Morgan fingerprint density at radius 1 is 0.917 bits per heavy atom. The van der Waals surface area contributed by atoms with Crippen molar-refractivity contribution >= 4 is 23.4 Å². The predicted molar refractivity (Wildman–Crippen MR) is 52.3 cm³/mol. The number of hydrogen-bond acceptors (Lipinski definition) is 1. The van der Waals surface area contributed by atoms with Crippen LogP contribution in [0.5, 0.6) is 0 Å². The van der Waals surface area contributed by atoms with Gasteiger partial charge in [-0.1, -0.05) is 30.3 Å². The molecule has 0 atom stereocenters. The number of rotatable bonds is 0. The van der Waals surface area contributed by atoms with Crippen LogP contribution in [0.15, 0.2) is 47.4 Å². The zero-order chi connectivity index (χ0) is 7.68. The SMILES string of the molecule is Sc1ccc2ccccc2c1.[H-].[K+]. The normalized spacial score (nSPS) is 9.42. The van der Waals surface area contributed by atoms with Crippen molar-refractivity contribution in [1.82, 2.24) is 0 Å². The molecule has 0 saturated heterocycles. The van der Waals surface area contributed by atoms with Crippen molar-refractivity contribution in [2.45, 2.75) is 4.90 Å². The van der Waals surface area contributed by atoms with Crippen LogP contribution in [0.1, 0.15) is 1.43 Å². The summed E-state index contributed by atoms with van der Waals surface area (Å²) in [5.74, 6) is 0. The van der Waals surface area contributed by atoms with Gasteiger partial charge in [0.25, 0.3) is 0 Å². The van der Waals surface area contributed by atoms with Crippen LogP contribution in [0.25, 0.3) is 10.8 Å². The molecule has 2 heteroatoms. The van der Waals surface area contributed by atoms with E-state index in [2.05, 4.69) is 36.9 Å². The van der Waals surface area contributed by atoms with Gasteiger partial charge in [-0.15, -0.1) is 12.6 Å². The summed E-state index contributed by atoms with van der Waals surface area (Å²) < 4.78 is 0. The molecule has 0 radical (unpaired) electrons. The van der Waals surface area contributed by atoms with Gasteiger partial charge >= 0.3 is 51.4 Å². The third-order valence-electron chi connectivity index (χ3n) is 1.73. The summed E-state index contributed by atoms with van der Waals surface area (Å²) in [5.41, 5.74) is 0. The van der Waals surface area contributed by atoms with E-state index in [4.69, 9.17) is 0 Å². The number of thiol groups is 1. The molecule has 0 spiro atoms. The molecule has 0 bridgehead atoms. The molecule has 0 amide bonds. The maximum absolute atomic E-state index is 4.26.